The van der Waals surface area contributed by atoms with Gasteiger partial charge in [-0.2, -0.15) is 0 Å². The van der Waals surface area contributed by atoms with Gasteiger partial charge in [0.1, 0.15) is 0 Å². The van der Waals surface area contributed by atoms with E-state index in [-0.39, 0.29) is 18.2 Å². The molecule has 0 radical (unpaired) electrons. The molecule has 0 aromatic heterocycles. The maximum Gasteiger partial charge on any atom is 0.164 e. The van der Waals surface area contributed by atoms with Gasteiger partial charge in [-0.15, -0.1) is 12.4 Å². The van der Waals surface area contributed by atoms with Gasteiger partial charge < -0.3 is 4.90 Å². The molecule has 0 saturated carbocycles. The maximum absolute atomic E-state index is 12.2. The molecule has 2 aromatic carbocycles. The van der Waals surface area contributed by atoms with Gasteiger partial charge >= 0.3 is 0 Å². The SMILES string of the molecule is Cc1ccc(C(=O)CCN2CCC(c3ccccc3)C2)cc1.Cl. The fourth-order valence-electron chi connectivity index (χ4n) is 3.18. The zero-order chi connectivity index (χ0) is 15.4. The van der Waals surface area contributed by atoms with E-state index in [1.54, 1.807) is 0 Å². The first kappa shape index (κ1) is 17.7. The third kappa shape index (κ3) is 4.66. The highest BCUT2D eigenvalue weighted by Crippen LogP contribution is 2.26. The summed E-state index contributed by atoms with van der Waals surface area (Å²) in [7, 11) is 0. The molecule has 1 heterocycles. The number of carbonyl (C=O) groups is 1. The van der Waals surface area contributed by atoms with Crippen molar-refractivity contribution in [1.29, 1.82) is 0 Å². The fourth-order valence-corrected chi connectivity index (χ4v) is 3.18. The Morgan fingerprint density at radius 3 is 2.48 bits per heavy atom. The van der Waals surface area contributed by atoms with Crippen LogP contribution in [0.25, 0.3) is 0 Å². The van der Waals surface area contributed by atoms with Crippen LogP contribution in [0.4, 0.5) is 0 Å². The topological polar surface area (TPSA) is 20.3 Å². The third-order valence-electron chi connectivity index (χ3n) is 4.57. The number of Topliss-reactive ketones (excluding diaryl/α,β-unsaturated/α-hetero) is 1. The van der Waals surface area contributed by atoms with Gasteiger partial charge in [-0.1, -0.05) is 60.2 Å². The van der Waals surface area contributed by atoms with Gasteiger partial charge in [-0.25, -0.2) is 0 Å². The Hall–Kier alpha value is -1.64. The third-order valence-corrected chi connectivity index (χ3v) is 4.57. The van der Waals surface area contributed by atoms with Crippen molar-refractivity contribution < 1.29 is 4.79 Å². The Kier molecular flexibility index (Phi) is 6.37. The summed E-state index contributed by atoms with van der Waals surface area (Å²) >= 11 is 0. The van der Waals surface area contributed by atoms with Crippen LogP contribution in [0.3, 0.4) is 0 Å². The summed E-state index contributed by atoms with van der Waals surface area (Å²) in [6, 6.07) is 18.6. The Bertz CT molecular complexity index is 624. The standard InChI is InChI=1S/C20H23NO.ClH/c1-16-7-9-18(10-8-16)20(22)12-14-21-13-11-19(15-21)17-5-3-2-4-6-17;/h2-10,19H,11-15H2,1H3;1H. The zero-order valence-corrected chi connectivity index (χ0v) is 14.4. The van der Waals surface area contributed by atoms with E-state index in [0.717, 1.165) is 25.2 Å². The van der Waals surface area contributed by atoms with Crippen LogP contribution in [0.2, 0.25) is 0 Å². The summed E-state index contributed by atoms with van der Waals surface area (Å²) in [6.45, 7) is 5.09. The lowest BCUT2D eigenvalue weighted by Crippen LogP contribution is -2.23. The van der Waals surface area contributed by atoms with Crippen molar-refractivity contribution in [3.05, 3.63) is 71.3 Å². The second kappa shape index (κ2) is 8.28. The quantitative estimate of drug-likeness (QED) is 0.754. The van der Waals surface area contributed by atoms with Crippen molar-refractivity contribution in [2.45, 2.75) is 25.7 Å². The molecule has 2 aromatic rings. The normalized spacial score (nSPS) is 17.7. The monoisotopic (exact) mass is 329 g/mol. The Morgan fingerprint density at radius 1 is 1.09 bits per heavy atom. The van der Waals surface area contributed by atoms with Gasteiger partial charge in [0.15, 0.2) is 5.78 Å². The van der Waals surface area contributed by atoms with Gasteiger partial charge in [0.05, 0.1) is 0 Å². The lowest BCUT2D eigenvalue weighted by atomic mass is 9.99. The molecular weight excluding hydrogens is 306 g/mol. The summed E-state index contributed by atoms with van der Waals surface area (Å²) in [5, 5.41) is 0. The van der Waals surface area contributed by atoms with Crippen LogP contribution in [0.1, 0.15) is 40.2 Å². The van der Waals surface area contributed by atoms with E-state index >= 15 is 0 Å². The second-order valence-corrected chi connectivity index (χ2v) is 6.24. The molecule has 0 N–H and O–H groups in total. The van der Waals surface area contributed by atoms with Crippen LogP contribution < -0.4 is 0 Å². The first-order valence-electron chi connectivity index (χ1n) is 8.09. The molecule has 1 aliphatic heterocycles. The molecule has 3 heteroatoms. The summed E-state index contributed by atoms with van der Waals surface area (Å²) in [5.74, 6) is 0.874. The van der Waals surface area contributed by atoms with Gasteiger partial charge in [-0.3, -0.25) is 4.79 Å². The lowest BCUT2D eigenvalue weighted by Gasteiger charge is -2.15. The first-order chi connectivity index (χ1) is 10.7. The Balaban J connectivity index is 0.00000192. The minimum absolute atomic E-state index is 0. The molecule has 122 valence electrons. The number of likely N-dealkylation sites (tertiary alicyclic amines) is 1. The molecular formula is C20H24ClNO. The highest BCUT2D eigenvalue weighted by atomic mass is 35.5. The molecule has 23 heavy (non-hydrogen) atoms. The average Bonchev–Trinajstić information content (AvgIpc) is 3.03. The molecule has 1 atom stereocenters. The van der Waals surface area contributed by atoms with Crippen LogP contribution in [-0.2, 0) is 0 Å². The van der Waals surface area contributed by atoms with Gasteiger partial charge in [0, 0.05) is 25.1 Å². The van der Waals surface area contributed by atoms with E-state index < -0.39 is 0 Å². The molecule has 0 amide bonds. The number of halogens is 1. The number of carbonyl (C=O) groups excluding carboxylic acids is 1. The maximum atomic E-state index is 12.2. The molecule has 1 saturated heterocycles. The molecule has 1 aliphatic rings. The van der Waals surface area contributed by atoms with Crippen LogP contribution in [-0.4, -0.2) is 30.3 Å². The van der Waals surface area contributed by atoms with Crippen LogP contribution in [0.5, 0.6) is 0 Å². The number of rotatable bonds is 5. The predicted octanol–water partition coefficient (Wildman–Crippen LogP) is 4.48. The Labute approximate surface area is 144 Å². The summed E-state index contributed by atoms with van der Waals surface area (Å²) in [5.41, 5.74) is 3.46. The van der Waals surface area contributed by atoms with E-state index in [9.17, 15) is 4.79 Å². The zero-order valence-electron chi connectivity index (χ0n) is 13.6. The van der Waals surface area contributed by atoms with E-state index in [1.165, 1.54) is 17.5 Å². The van der Waals surface area contributed by atoms with Crippen molar-refractivity contribution in [3.8, 4) is 0 Å². The van der Waals surface area contributed by atoms with Gasteiger partial charge in [0.2, 0.25) is 0 Å². The summed E-state index contributed by atoms with van der Waals surface area (Å²) in [6.07, 6.45) is 1.81. The summed E-state index contributed by atoms with van der Waals surface area (Å²) < 4.78 is 0. The first-order valence-corrected chi connectivity index (χ1v) is 8.09. The molecule has 1 unspecified atom stereocenters. The molecule has 2 nitrogen and oxygen atoms in total. The lowest BCUT2D eigenvalue weighted by molar-refractivity contribution is 0.0968. The predicted molar refractivity (Wildman–Crippen MR) is 97.6 cm³/mol. The highest BCUT2D eigenvalue weighted by Gasteiger charge is 2.23. The van der Waals surface area contributed by atoms with Crippen LogP contribution >= 0.6 is 12.4 Å². The fraction of sp³-hybridized carbons (Fsp3) is 0.350. The van der Waals surface area contributed by atoms with E-state index in [1.807, 2.05) is 31.2 Å². The number of hydrogen-bond donors (Lipinski definition) is 0. The number of hydrogen-bond acceptors (Lipinski definition) is 2. The van der Waals surface area contributed by atoms with Crippen molar-refractivity contribution >= 4 is 18.2 Å². The van der Waals surface area contributed by atoms with Crippen LogP contribution in [0.15, 0.2) is 54.6 Å². The van der Waals surface area contributed by atoms with Crippen molar-refractivity contribution in [1.82, 2.24) is 4.90 Å². The van der Waals surface area contributed by atoms with Crippen molar-refractivity contribution in [3.63, 3.8) is 0 Å². The molecule has 1 fully saturated rings. The second-order valence-electron chi connectivity index (χ2n) is 6.24. The molecule has 0 bridgehead atoms. The number of aryl methyl sites for hydroxylation is 1. The van der Waals surface area contributed by atoms with E-state index in [2.05, 4.69) is 35.2 Å². The van der Waals surface area contributed by atoms with E-state index in [4.69, 9.17) is 0 Å². The number of ketones is 1. The minimum atomic E-state index is 0. The summed E-state index contributed by atoms with van der Waals surface area (Å²) in [4.78, 5) is 14.7. The molecule has 3 rings (SSSR count). The van der Waals surface area contributed by atoms with Crippen LogP contribution in [0, 0.1) is 6.92 Å². The van der Waals surface area contributed by atoms with Crippen molar-refractivity contribution in [2.24, 2.45) is 0 Å². The smallest absolute Gasteiger partial charge is 0.164 e. The van der Waals surface area contributed by atoms with Crippen molar-refractivity contribution in [2.75, 3.05) is 19.6 Å². The highest BCUT2D eigenvalue weighted by molar-refractivity contribution is 5.96. The molecule has 0 spiro atoms. The van der Waals surface area contributed by atoms with Gasteiger partial charge in [-0.05, 0) is 31.4 Å². The largest absolute Gasteiger partial charge is 0.302 e. The number of nitrogens with zero attached hydrogens (tertiary/aromatic N) is 1. The average molecular weight is 330 g/mol. The Morgan fingerprint density at radius 2 is 1.78 bits per heavy atom. The molecule has 0 aliphatic carbocycles. The minimum Gasteiger partial charge on any atom is -0.302 e. The van der Waals surface area contributed by atoms with Gasteiger partial charge in [0.25, 0.3) is 0 Å². The number of benzene rings is 2. The van der Waals surface area contributed by atoms with E-state index in [0.29, 0.717) is 12.3 Å².